The lowest BCUT2D eigenvalue weighted by Crippen LogP contribution is -2.55. The number of halogens is 1. The molecule has 0 spiro atoms. The fraction of sp³-hybridized carbons (Fsp3) is 0.462. The number of piperazine rings is 1. The third kappa shape index (κ3) is 2.44. The number of rotatable bonds is 2. The van der Waals surface area contributed by atoms with Gasteiger partial charge < -0.3 is 10.0 Å². The molecule has 2 rings (SSSR count). The van der Waals surface area contributed by atoms with Gasteiger partial charge >= 0.3 is 5.97 Å². The Morgan fingerprint density at radius 1 is 1.44 bits per heavy atom. The number of aliphatic carboxylic acids is 1. The predicted molar refractivity (Wildman–Crippen MR) is 72.5 cm³/mol. The van der Waals surface area contributed by atoms with E-state index in [2.05, 4.69) is 4.90 Å². The molecule has 1 saturated heterocycles. The van der Waals surface area contributed by atoms with E-state index >= 15 is 0 Å². The van der Waals surface area contributed by atoms with E-state index in [9.17, 15) is 9.90 Å². The van der Waals surface area contributed by atoms with Crippen LogP contribution in [0, 0.1) is 6.92 Å². The van der Waals surface area contributed by atoms with Gasteiger partial charge in [0.15, 0.2) is 0 Å². The summed E-state index contributed by atoms with van der Waals surface area (Å²) >= 11 is 6.11. The Bertz CT molecular complexity index is 464. The molecule has 1 fully saturated rings. The molecule has 98 valence electrons. The van der Waals surface area contributed by atoms with Crippen LogP contribution >= 0.6 is 11.6 Å². The molecule has 0 aromatic heterocycles. The van der Waals surface area contributed by atoms with Gasteiger partial charge in [0.05, 0.1) is 0 Å². The summed E-state index contributed by atoms with van der Waals surface area (Å²) in [5.74, 6) is -0.776. The second-order valence-corrected chi connectivity index (χ2v) is 5.07. The highest BCUT2D eigenvalue weighted by molar-refractivity contribution is 6.31. The number of benzene rings is 1. The van der Waals surface area contributed by atoms with Crippen molar-refractivity contribution in [3.8, 4) is 0 Å². The smallest absolute Gasteiger partial charge is 0.322 e. The van der Waals surface area contributed by atoms with Crippen molar-refractivity contribution in [1.29, 1.82) is 0 Å². The molecule has 1 aromatic rings. The standard InChI is InChI=1S/C13H17ClN2O2/c1-9-10(14)4-3-5-11(9)16-7-6-15(2)12(8-16)13(17)18/h3-5,12H,6-8H2,1-2H3,(H,17,18). The van der Waals surface area contributed by atoms with E-state index in [4.69, 9.17) is 11.6 Å². The zero-order valence-corrected chi connectivity index (χ0v) is 11.3. The van der Waals surface area contributed by atoms with E-state index in [1.54, 1.807) is 0 Å². The fourth-order valence-electron chi connectivity index (χ4n) is 2.30. The molecule has 5 heteroatoms. The second-order valence-electron chi connectivity index (χ2n) is 4.66. The minimum Gasteiger partial charge on any atom is -0.480 e. The van der Waals surface area contributed by atoms with E-state index in [0.717, 1.165) is 29.4 Å². The molecule has 1 N–H and O–H groups in total. The van der Waals surface area contributed by atoms with Crippen LogP contribution in [0.3, 0.4) is 0 Å². The molecule has 1 heterocycles. The van der Waals surface area contributed by atoms with Gasteiger partial charge in [-0.25, -0.2) is 0 Å². The summed E-state index contributed by atoms with van der Waals surface area (Å²) in [5, 5.41) is 9.92. The number of anilines is 1. The lowest BCUT2D eigenvalue weighted by atomic mass is 10.1. The fourth-order valence-corrected chi connectivity index (χ4v) is 2.47. The number of carboxylic acids is 1. The Hall–Kier alpha value is -1.26. The van der Waals surface area contributed by atoms with Crippen molar-refractivity contribution in [2.24, 2.45) is 0 Å². The zero-order valence-electron chi connectivity index (χ0n) is 10.6. The van der Waals surface area contributed by atoms with Gasteiger partial charge in [-0.1, -0.05) is 17.7 Å². The number of hydrogen-bond acceptors (Lipinski definition) is 3. The third-order valence-electron chi connectivity index (χ3n) is 3.51. The van der Waals surface area contributed by atoms with Crippen LogP contribution in [0.1, 0.15) is 5.56 Å². The minimum atomic E-state index is -0.776. The summed E-state index contributed by atoms with van der Waals surface area (Å²) in [5.41, 5.74) is 2.04. The Morgan fingerprint density at radius 2 is 2.17 bits per heavy atom. The van der Waals surface area contributed by atoms with Gasteiger partial charge in [-0.3, -0.25) is 9.69 Å². The van der Waals surface area contributed by atoms with Crippen LogP contribution in [0.5, 0.6) is 0 Å². The molecule has 1 aromatic carbocycles. The zero-order chi connectivity index (χ0) is 13.3. The van der Waals surface area contributed by atoms with E-state index < -0.39 is 12.0 Å². The summed E-state index contributed by atoms with van der Waals surface area (Å²) in [4.78, 5) is 15.2. The van der Waals surface area contributed by atoms with E-state index in [-0.39, 0.29) is 0 Å². The molecule has 18 heavy (non-hydrogen) atoms. The molecule has 1 atom stereocenters. The monoisotopic (exact) mass is 268 g/mol. The molecule has 0 amide bonds. The normalized spacial score (nSPS) is 21.1. The Balaban J connectivity index is 2.24. The number of likely N-dealkylation sites (N-methyl/N-ethyl adjacent to an activating group) is 1. The Kier molecular flexibility index (Phi) is 3.78. The van der Waals surface area contributed by atoms with Crippen molar-refractivity contribution in [2.75, 3.05) is 31.6 Å². The number of hydrogen-bond donors (Lipinski definition) is 1. The topological polar surface area (TPSA) is 43.8 Å². The first kappa shape index (κ1) is 13.2. The molecule has 1 aliphatic rings. The lowest BCUT2D eigenvalue weighted by molar-refractivity contribution is -0.142. The van der Waals surface area contributed by atoms with Crippen LogP contribution in [0.25, 0.3) is 0 Å². The average molecular weight is 269 g/mol. The van der Waals surface area contributed by atoms with Crippen LogP contribution in [-0.4, -0.2) is 48.7 Å². The minimum absolute atomic E-state index is 0.461. The molecule has 1 aliphatic heterocycles. The number of carboxylic acid groups (broad SMARTS) is 1. The van der Waals surface area contributed by atoms with Crippen LogP contribution in [0.4, 0.5) is 5.69 Å². The second kappa shape index (κ2) is 5.16. The Labute approximate surface area is 112 Å². The third-order valence-corrected chi connectivity index (χ3v) is 3.92. The molecule has 0 aliphatic carbocycles. The van der Waals surface area contributed by atoms with Gasteiger partial charge in [-0.2, -0.15) is 0 Å². The summed E-state index contributed by atoms with van der Waals surface area (Å²) in [6, 6.07) is 5.28. The maximum absolute atomic E-state index is 11.2. The highest BCUT2D eigenvalue weighted by Crippen LogP contribution is 2.28. The lowest BCUT2D eigenvalue weighted by Gasteiger charge is -2.39. The predicted octanol–water partition coefficient (Wildman–Crippen LogP) is 1.85. The van der Waals surface area contributed by atoms with Gasteiger partial charge in [-0.15, -0.1) is 0 Å². The maximum Gasteiger partial charge on any atom is 0.322 e. The SMILES string of the molecule is Cc1c(Cl)cccc1N1CCN(C)C(C(=O)O)C1. The molecule has 0 bridgehead atoms. The molecule has 0 saturated carbocycles. The van der Waals surface area contributed by atoms with Crippen molar-refractivity contribution in [3.05, 3.63) is 28.8 Å². The summed E-state index contributed by atoms with van der Waals surface area (Å²) in [6.07, 6.45) is 0. The number of nitrogens with zero attached hydrogens (tertiary/aromatic N) is 2. The quantitative estimate of drug-likeness (QED) is 0.889. The molecular weight excluding hydrogens is 252 g/mol. The molecule has 4 nitrogen and oxygen atoms in total. The first-order valence-corrected chi connectivity index (χ1v) is 6.31. The summed E-state index contributed by atoms with van der Waals surface area (Å²) in [6.45, 7) is 4.02. The van der Waals surface area contributed by atoms with Crippen molar-refractivity contribution in [1.82, 2.24) is 4.90 Å². The van der Waals surface area contributed by atoms with Gasteiger partial charge in [0.25, 0.3) is 0 Å². The molecular formula is C13H17ClN2O2. The van der Waals surface area contributed by atoms with Gasteiger partial charge in [-0.05, 0) is 31.7 Å². The van der Waals surface area contributed by atoms with Gasteiger partial charge in [0.2, 0.25) is 0 Å². The molecule has 0 radical (unpaired) electrons. The highest BCUT2D eigenvalue weighted by atomic mass is 35.5. The van der Waals surface area contributed by atoms with Gasteiger partial charge in [0, 0.05) is 30.3 Å². The number of carbonyl (C=O) groups is 1. The largest absolute Gasteiger partial charge is 0.480 e. The van der Waals surface area contributed by atoms with Crippen molar-refractivity contribution in [2.45, 2.75) is 13.0 Å². The van der Waals surface area contributed by atoms with Crippen LogP contribution in [-0.2, 0) is 4.79 Å². The summed E-state index contributed by atoms with van der Waals surface area (Å²) < 4.78 is 0. The van der Waals surface area contributed by atoms with E-state index in [1.165, 1.54) is 0 Å². The molecule has 1 unspecified atom stereocenters. The Morgan fingerprint density at radius 3 is 2.83 bits per heavy atom. The average Bonchev–Trinajstić information content (AvgIpc) is 2.33. The van der Waals surface area contributed by atoms with Crippen molar-refractivity contribution >= 4 is 23.3 Å². The van der Waals surface area contributed by atoms with Crippen molar-refractivity contribution in [3.63, 3.8) is 0 Å². The van der Waals surface area contributed by atoms with E-state index in [0.29, 0.717) is 6.54 Å². The summed E-state index contributed by atoms with van der Waals surface area (Å²) in [7, 11) is 1.85. The van der Waals surface area contributed by atoms with Crippen molar-refractivity contribution < 1.29 is 9.90 Å². The maximum atomic E-state index is 11.2. The van der Waals surface area contributed by atoms with E-state index in [1.807, 2.05) is 37.1 Å². The first-order valence-electron chi connectivity index (χ1n) is 5.94. The van der Waals surface area contributed by atoms with Crippen LogP contribution in [0.15, 0.2) is 18.2 Å². The highest BCUT2D eigenvalue weighted by Gasteiger charge is 2.30. The van der Waals surface area contributed by atoms with Crippen LogP contribution in [0.2, 0.25) is 5.02 Å². The van der Waals surface area contributed by atoms with Crippen LogP contribution < -0.4 is 4.90 Å². The van der Waals surface area contributed by atoms with Gasteiger partial charge in [0.1, 0.15) is 6.04 Å². The first-order chi connectivity index (χ1) is 8.50.